The van der Waals surface area contributed by atoms with E-state index in [1.165, 1.54) is 3.57 Å². The highest BCUT2D eigenvalue weighted by molar-refractivity contribution is 14.1. The summed E-state index contributed by atoms with van der Waals surface area (Å²) in [4.78, 5) is 0. The zero-order valence-electron chi connectivity index (χ0n) is 10.4. The Kier molecular flexibility index (Phi) is 4.50. The lowest BCUT2D eigenvalue weighted by Gasteiger charge is -2.07. The van der Waals surface area contributed by atoms with Crippen molar-refractivity contribution in [2.45, 2.75) is 19.9 Å². The molecule has 2 rings (SSSR count). The Morgan fingerprint density at radius 1 is 1.33 bits per heavy atom. The van der Waals surface area contributed by atoms with E-state index in [0.29, 0.717) is 6.54 Å². The fraction of sp³-hybridized carbons (Fsp3) is 0.308. The van der Waals surface area contributed by atoms with Gasteiger partial charge in [-0.05, 0) is 53.3 Å². The lowest BCUT2D eigenvalue weighted by atomic mass is 10.3. The second-order valence-corrected chi connectivity index (χ2v) is 5.67. The molecule has 3 nitrogen and oxygen atoms in total. The molecule has 1 aromatic heterocycles. The number of hydrogen-bond acceptors (Lipinski definition) is 2. The Hall–Kier alpha value is -0.750. The van der Waals surface area contributed by atoms with Crippen LogP contribution in [0.25, 0.3) is 0 Å². The molecule has 0 unspecified atom stereocenters. The van der Waals surface area contributed by atoms with Crippen LogP contribution in [0.2, 0.25) is 5.02 Å². The standard InChI is InChI=1S/C13H15ClIN3/c1-3-11-13(14)12(18(2)17-11)8-16-10-6-4-9(15)5-7-10/h4-7,16H,3,8H2,1-2H3. The topological polar surface area (TPSA) is 29.9 Å². The molecule has 0 saturated carbocycles. The predicted octanol–water partition coefficient (Wildman–Crippen LogP) is 3.85. The van der Waals surface area contributed by atoms with Crippen molar-refractivity contribution in [3.63, 3.8) is 0 Å². The van der Waals surface area contributed by atoms with Crippen LogP contribution in [0.5, 0.6) is 0 Å². The summed E-state index contributed by atoms with van der Waals surface area (Å²) in [5.74, 6) is 0. The summed E-state index contributed by atoms with van der Waals surface area (Å²) in [6.07, 6.45) is 0.857. The third kappa shape index (κ3) is 2.98. The number of benzene rings is 1. The Labute approximate surface area is 126 Å². The minimum absolute atomic E-state index is 0.683. The van der Waals surface area contributed by atoms with Crippen molar-refractivity contribution < 1.29 is 0 Å². The smallest absolute Gasteiger partial charge is 0.0868 e. The Morgan fingerprint density at radius 3 is 2.56 bits per heavy atom. The highest BCUT2D eigenvalue weighted by Crippen LogP contribution is 2.22. The maximum absolute atomic E-state index is 6.30. The van der Waals surface area contributed by atoms with E-state index >= 15 is 0 Å². The summed E-state index contributed by atoms with van der Waals surface area (Å²) in [5.41, 5.74) is 3.07. The Balaban J connectivity index is 2.10. The molecule has 0 atom stereocenters. The van der Waals surface area contributed by atoms with Gasteiger partial charge in [-0.25, -0.2) is 0 Å². The molecule has 18 heavy (non-hydrogen) atoms. The quantitative estimate of drug-likeness (QED) is 0.823. The van der Waals surface area contributed by atoms with Gasteiger partial charge >= 0.3 is 0 Å². The van der Waals surface area contributed by atoms with Crippen LogP contribution in [-0.4, -0.2) is 9.78 Å². The Bertz CT molecular complexity index is 534. The van der Waals surface area contributed by atoms with Crippen molar-refractivity contribution >= 4 is 39.9 Å². The van der Waals surface area contributed by atoms with Gasteiger partial charge in [-0.1, -0.05) is 18.5 Å². The first-order valence-corrected chi connectivity index (χ1v) is 7.27. The van der Waals surface area contributed by atoms with Gasteiger partial charge in [0.25, 0.3) is 0 Å². The van der Waals surface area contributed by atoms with Crippen molar-refractivity contribution in [3.8, 4) is 0 Å². The van der Waals surface area contributed by atoms with E-state index in [0.717, 1.165) is 28.5 Å². The molecule has 0 aliphatic heterocycles. The van der Waals surface area contributed by atoms with E-state index in [9.17, 15) is 0 Å². The molecule has 1 heterocycles. The van der Waals surface area contributed by atoms with Crippen molar-refractivity contribution in [1.29, 1.82) is 0 Å². The molecule has 0 aliphatic rings. The van der Waals surface area contributed by atoms with Gasteiger partial charge in [0, 0.05) is 16.3 Å². The number of nitrogens with one attached hydrogen (secondary N) is 1. The normalized spacial score (nSPS) is 10.7. The Morgan fingerprint density at radius 2 is 2.00 bits per heavy atom. The molecule has 1 N–H and O–H groups in total. The van der Waals surface area contributed by atoms with Crippen LogP contribution in [0.3, 0.4) is 0 Å². The molecule has 1 aromatic carbocycles. The van der Waals surface area contributed by atoms with Gasteiger partial charge in [-0.2, -0.15) is 5.10 Å². The minimum atomic E-state index is 0.683. The molecule has 0 spiro atoms. The average Bonchev–Trinajstić information content (AvgIpc) is 2.64. The number of hydrogen-bond donors (Lipinski definition) is 1. The molecule has 0 radical (unpaired) electrons. The third-order valence-corrected chi connectivity index (χ3v) is 3.96. The summed E-state index contributed by atoms with van der Waals surface area (Å²) in [6.45, 7) is 2.74. The predicted molar refractivity (Wildman–Crippen MR) is 84.1 cm³/mol. The second-order valence-electron chi connectivity index (χ2n) is 4.04. The number of aromatic nitrogens is 2. The molecule has 2 aromatic rings. The molecule has 5 heteroatoms. The molecule has 0 saturated heterocycles. The summed E-state index contributed by atoms with van der Waals surface area (Å²) < 4.78 is 3.07. The molecule has 0 fully saturated rings. The molecule has 0 aliphatic carbocycles. The zero-order valence-corrected chi connectivity index (χ0v) is 13.3. The average molecular weight is 376 g/mol. The zero-order chi connectivity index (χ0) is 13.1. The molecule has 0 bridgehead atoms. The fourth-order valence-electron chi connectivity index (χ4n) is 1.77. The van der Waals surface area contributed by atoms with E-state index in [-0.39, 0.29) is 0 Å². The lowest BCUT2D eigenvalue weighted by Crippen LogP contribution is -2.05. The third-order valence-electron chi connectivity index (χ3n) is 2.81. The van der Waals surface area contributed by atoms with E-state index in [1.807, 2.05) is 11.7 Å². The largest absolute Gasteiger partial charge is 0.379 e. The van der Waals surface area contributed by atoms with Crippen molar-refractivity contribution in [3.05, 3.63) is 44.2 Å². The van der Waals surface area contributed by atoms with Crippen LogP contribution in [0.4, 0.5) is 5.69 Å². The summed E-state index contributed by atoms with van der Waals surface area (Å²) in [7, 11) is 1.93. The van der Waals surface area contributed by atoms with Crippen molar-refractivity contribution in [2.24, 2.45) is 7.05 Å². The van der Waals surface area contributed by atoms with Gasteiger partial charge in [0.2, 0.25) is 0 Å². The maximum Gasteiger partial charge on any atom is 0.0868 e. The number of anilines is 1. The number of halogens is 2. The molecular weight excluding hydrogens is 361 g/mol. The first-order chi connectivity index (χ1) is 8.61. The fourth-order valence-corrected chi connectivity index (χ4v) is 2.49. The molecule has 0 amide bonds. The van der Waals surface area contributed by atoms with Crippen molar-refractivity contribution in [2.75, 3.05) is 5.32 Å². The van der Waals surface area contributed by atoms with E-state index < -0.39 is 0 Å². The van der Waals surface area contributed by atoms with Crippen LogP contribution in [0.1, 0.15) is 18.3 Å². The number of nitrogens with zero attached hydrogens (tertiary/aromatic N) is 2. The van der Waals surface area contributed by atoms with E-state index in [2.05, 4.69) is 64.2 Å². The first kappa shape index (κ1) is 13.7. The summed E-state index contributed by atoms with van der Waals surface area (Å²) >= 11 is 8.59. The lowest BCUT2D eigenvalue weighted by molar-refractivity contribution is 0.707. The highest BCUT2D eigenvalue weighted by Gasteiger charge is 2.12. The van der Waals surface area contributed by atoms with Crippen LogP contribution in [0.15, 0.2) is 24.3 Å². The van der Waals surface area contributed by atoms with Crippen LogP contribution < -0.4 is 5.32 Å². The number of aryl methyl sites for hydroxylation is 2. The maximum atomic E-state index is 6.30. The molecule has 96 valence electrons. The summed E-state index contributed by atoms with van der Waals surface area (Å²) in [6, 6.07) is 8.27. The van der Waals surface area contributed by atoms with E-state index in [4.69, 9.17) is 11.6 Å². The van der Waals surface area contributed by atoms with Crippen LogP contribution in [-0.2, 0) is 20.0 Å². The van der Waals surface area contributed by atoms with Gasteiger partial charge in [0.05, 0.1) is 23.0 Å². The van der Waals surface area contributed by atoms with E-state index in [1.54, 1.807) is 0 Å². The van der Waals surface area contributed by atoms with Crippen LogP contribution >= 0.6 is 34.2 Å². The van der Waals surface area contributed by atoms with Gasteiger partial charge in [0.15, 0.2) is 0 Å². The summed E-state index contributed by atoms with van der Waals surface area (Å²) in [5, 5.41) is 8.53. The highest BCUT2D eigenvalue weighted by atomic mass is 127. The molecular formula is C13H15ClIN3. The van der Waals surface area contributed by atoms with Gasteiger partial charge in [0.1, 0.15) is 0 Å². The first-order valence-electron chi connectivity index (χ1n) is 5.81. The van der Waals surface area contributed by atoms with Gasteiger partial charge < -0.3 is 5.32 Å². The van der Waals surface area contributed by atoms with Gasteiger partial charge in [-0.3, -0.25) is 4.68 Å². The monoisotopic (exact) mass is 375 g/mol. The van der Waals surface area contributed by atoms with Crippen molar-refractivity contribution in [1.82, 2.24) is 9.78 Å². The van der Waals surface area contributed by atoms with Gasteiger partial charge in [-0.15, -0.1) is 0 Å². The number of rotatable bonds is 4. The second kappa shape index (κ2) is 5.93. The SMILES string of the molecule is CCc1nn(C)c(CNc2ccc(I)cc2)c1Cl. The minimum Gasteiger partial charge on any atom is -0.379 e. The van der Waals surface area contributed by atoms with Crippen LogP contribution in [0, 0.1) is 3.57 Å².